The molecular weight excluding hydrogens is 312 g/mol. The number of nitrogens with two attached hydrogens (primary N) is 1. The standard InChI is InChI=1S/C13H13BrN2OS/c14-11-5-4-10(18-11)12(16-15)9-3-1-2-8-6-7-17-13(8)9/h1-5,12,16H,6-7,15H2. The van der Waals surface area contributed by atoms with Gasteiger partial charge in [-0.15, -0.1) is 11.3 Å². The quantitative estimate of drug-likeness (QED) is 0.674. The Morgan fingerprint density at radius 1 is 1.33 bits per heavy atom. The number of para-hydroxylation sites is 1. The summed E-state index contributed by atoms with van der Waals surface area (Å²) >= 11 is 5.16. The molecule has 3 nitrogen and oxygen atoms in total. The van der Waals surface area contributed by atoms with Crippen LogP contribution in [0, 0.1) is 0 Å². The number of ether oxygens (including phenoxy) is 1. The van der Waals surface area contributed by atoms with Gasteiger partial charge in [0.2, 0.25) is 0 Å². The van der Waals surface area contributed by atoms with Crippen LogP contribution in [0.3, 0.4) is 0 Å². The van der Waals surface area contributed by atoms with Crippen LogP contribution in [0.1, 0.15) is 22.0 Å². The lowest BCUT2D eigenvalue weighted by atomic mass is 10.0. The summed E-state index contributed by atoms with van der Waals surface area (Å²) in [5.41, 5.74) is 5.27. The number of hydrogen-bond donors (Lipinski definition) is 2. The van der Waals surface area contributed by atoms with Gasteiger partial charge in [0.15, 0.2) is 0 Å². The number of nitrogens with one attached hydrogen (secondary N) is 1. The number of fused-ring (bicyclic) bond motifs is 1. The Morgan fingerprint density at radius 2 is 2.22 bits per heavy atom. The van der Waals surface area contributed by atoms with Crippen molar-refractivity contribution >= 4 is 27.3 Å². The first-order valence-corrected chi connectivity index (χ1v) is 7.36. The van der Waals surface area contributed by atoms with E-state index in [2.05, 4.69) is 45.6 Å². The lowest BCUT2D eigenvalue weighted by molar-refractivity contribution is 0.350. The zero-order valence-corrected chi connectivity index (χ0v) is 12.1. The number of hydrogen-bond acceptors (Lipinski definition) is 4. The fraction of sp³-hybridized carbons (Fsp3) is 0.231. The first-order chi connectivity index (χ1) is 8.79. The molecule has 0 radical (unpaired) electrons. The van der Waals surface area contributed by atoms with Crippen LogP contribution in [0.5, 0.6) is 5.75 Å². The molecule has 1 atom stereocenters. The molecule has 0 spiro atoms. The minimum absolute atomic E-state index is 0.0191. The van der Waals surface area contributed by atoms with Crippen LogP contribution in [0.15, 0.2) is 34.1 Å². The van der Waals surface area contributed by atoms with Crippen molar-refractivity contribution in [2.45, 2.75) is 12.5 Å². The number of rotatable bonds is 3. The van der Waals surface area contributed by atoms with Crippen LogP contribution in [0.25, 0.3) is 0 Å². The van der Waals surface area contributed by atoms with Gasteiger partial charge in [0.05, 0.1) is 16.4 Å². The largest absolute Gasteiger partial charge is 0.493 e. The topological polar surface area (TPSA) is 47.3 Å². The normalized spacial score (nSPS) is 15.2. The Kier molecular flexibility index (Phi) is 3.39. The molecule has 1 aromatic heterocycles. The van der Waals surface area contributed by atoms with Crippen LogP contribution in [0.4, 0.5) is 0 Å². The second kappa shape index (κ2) is 5.01. The van der Waals surface area contributed by atoms with Crippen LogP contribution in [0.2, 0.25) is 0 Å². The second-order valence-electron chi connectivity index (χ2n) is 4.18. The van der Waals surface area contributed by atoms with Gasteiger partial charge in [-0.1, -0.05) is 18.2 Å². The Labute approximate surface area is 118 Å². The zero-order valence-electron chi connectivity index (χ0n) is 9.65. The zero-order chi connectivity index (χ0) is 12.5. The van der Waals surface area contributed by atoms with Gasteiger partial charge in [0.25, 0.3) is 0 Å². The third kappa shape index (κ3) is 2.07. The number of halogens is 1. The van der Waals surface area contributed by atoms with Crippen molar-refractivity contribution in [2.24, 2.45) is 5.84 Å². The Morgan fingerprint density at radius 3 is 2.94 bits per heavy atom. The van der Waals surface area contributed by atoms with E-state index >= 15 is 0 Å². The van der Waals surface area contributed by atoms with Crippen molar-refractivity contribution in [3.63, 3.8) is 0 Å². The van der Waals surface area contributed by atoms with Crippen molar-refractivity contribution in [3.8, 4) is 5.75 Å². The van der Waals surface area contributed by atoms with Gasteiger partial charge in [-0.3, -0.25) is 5.84 Å². The average Bonchev–Trinajstić information content (AvgIpc) is 2.99. The molecule has 0 bridgehead atoms. The molecule has 1 aliphatic rings. The maximum atomic E-state index is 5.74. The summed E-state index contributed by atoms with van der Waals surface area (Å²) in [6, 6.07) is 10.3. The monoisotopic (exact) mass is 324 g/mol. The van der Waals surface area contributed by atoms with E-state index < -0.39 is 0 Å². The van der Waals surface area contributed by atoms with Crippen molar-refractivity contribution in [1.82, 2.24) is 5.43 Å². The molecule has 0 saturated carbocycles. The summed E-state index contributed by atoms with van der Waals surface area (Å²) < 4.78 is 6.84. The third-order valence-corrected chi connectivity index (χ3v) is 4.79. The Balaban J connectivity index is 2.05. The van der Waals surface area contributed by atoms with E-state index in [1.165, 1.54) is 10.4 Å². The molecule has 1 aromatic carbocycles. The van der Waals surface area contributed by atoms with Crippen molar-refractivity contribution in [2.75, 3.05) is 6.61 Å². The van der Waals surface area contributed by atoms with Gasteiger partial charge in [-0.2, -0.15) is 0 Å². The second-order valence-corrected chi connectivity index (χ2v) is 6.67. The summed E-state index contributed by atoms with van der Waals surface area (Å²) in [6.07, 6.45) is 0.981. The van der Waals surface area contributed by atoms with E-state index in [0.717, 1.165) is 28.1 Å². The molecule has 18 heavy (non-hydrogen) atoms. The molecule has 0 amide bonds. The van der Waals surface area contributed by atoms with E-state index in [4.69, 9.17) is 10.6 Å². The highest BCUT2D eigenvalue weighted by atomic mass is 79.9. The number of thiophene rings is 1. The van der Waals surface area contributed by atoms with E-state index in [0.29, 0.717) is 0 Å². The van der Waals surface area contributed by atoms with Gasteiger partial charge < -0.3 is 4.74 Å². The minimum Gasteiger partial charge on any atom is -0.493 e. The molecular formula is C13H13BrN2OS. The van der Waals surface area contributed by atoms with Crippen LogP contribution < -0.4 is 16.0 Å². The Hall–Kier alpha value is -0.880. The molecule has 3 N–H and O–H groups in total. The summed E-state index contributed by atoms with van der Waals surface area (Å²) in [5, 5.41) is 0. The molecule has 5 heteroatoms. The molecule has 3 rings (SSSR count). The van der Waals surface area contributed by atoms with Crippen molar-refractivity contribution < 1.29 is 4.74 Å². The summed E-state index contributed by atoms with van der Waals surface area (Å²) in [5.74, 6) is 6.72. The van der Waals surface area contributed by atoms with Gasteiger partial charge >= 0.3 is 0 Å². The molecule has 0 fully saturated rings. The summed E-state index contributed by atoms with van der Waals surface area (Å²) in [7, 11) is 0. The van der Waals surface area contributed by atoms with Crippen LogP contribution in [-0.2, 0) is 6.42 Å². The van der Waals surface area contributed by atoms with E-state index in [1.54, 1.807) is 11.3 Å². The lowest BCUT2D eigenvalue weighted by Gasteiger charge is -2.17. The number of benzene rings is 1. The summed E-state index contributed by atoms with van der Waals surface area (Å²) in [6.45, 7) is 0.762. The first kappa shape index (κ1) is 12.2. The third-order valence-electron chi connectivity index (χ3n) is 3.10. The fourth-order valence-corrected chi connectivity index (χ4v) is 3.78. The minimum atomic E-state index is -0.0191. The highest BCUT2D eigenvalue weighted by Crippen LogP contribution is 2.38. The van der Waals surface area contributed by atoms with E-state index in [-0.39, 0.29) is 6.04 Å². The number of hydrazine groups is 1. The molecule has 1 aliphatic heterocycles. The fourth-order valence-electron chi connectivity index (χ4n) is 2.28. The SMILES string of the molecule is NNC(c1ccc(Br)s1)c1cccc2c1OCC2. The lowest BCUT2D eigenvalue weighted by Crippen LogP contribution is -2.28. The molecule has 1 unspecified atom stereocenters. The van der Waals surface area contributed by atoms with Gasteiger partial charge in [0.1, 0.15) is 5.75 Å². The molecule has 2 heterocycles. The molecule has 0 saturated heterocycles. The average molecular weight is 325 g/mol. The predicted octanol–water partition coefficient (Wildman–Crippen LogP) is 3.00. The van der Waals surface area contributed by atoms with E-state index in [1.807, 2.05) is 6.07 Å². The summed E-state index contributed by atoms with van der Waals surface area (Å²) in [4.78, 5) is 1.17. The van der Waals surface area contributed by atoms with E-state index in [9.17, 15) is 0 Å². The highest BCUT2D eigenvalue weighted by molar-refractivity contribution is 9.11. The maximum Gasteiger partial charge on any atom is 0.127 e. The first-order valence-electron chi connectivity index (χ1n) is 5.75. The van der Waals surface area contributed by atoms with Crippen LogP contribution >= 0.6 is 27.3 Å². The van der Waals surface area contributed by atoms with Crippen LogP contribution in [-0.4, -0.2) is 6.61 Å². The molecule has 94 valence electrons. The smallest absolute Gasteiger partial charge is 0.127 e. The van der Waals surface area contributed by atoms with Gasteiger partial charge in [0, 0.05) is 16.9 Å². The molecule has 0 aliphatic carbocycles. The predicted molar refractivity (Wildman–Crippen MR) is 76.8 cm³/mol. The van der Waals surface area contributed by atoms with Gasteiger partial charge in [-0.05, 0) is 33.6 Å². The molecule has 2 aromatic rings. The van der Waals surface area contributed by atoms with Crippen molar-refractivity contribution in [1.29, 1.82) is 0 Å². The van der Waals surface area contributed by atoms with Crippen molar-refractivity contribution in [3.05, 3.63) is 50.1 Å². The Bertz CT molecular complexity index is 570. The maximum absolute atomic E-state index is 5.74. The highest BCUT2D eigenvalue weighted by Gasteiger charge is 2.23. The van der Waals surface area contributed by atoms with Gasteiger partial charge in [-0.25, -0.2) is 5.43 Å².